The summed E-state index contributed by atoms with van der Waals surface area (Å²) in [5.41, 5.74) is 0.720. The molecule has 0 saturated heterocycles. The zero-order chi connectivity index (χ0) is 16.2. The first kappa shape index (κ1) is 17.7. The van der Waals surface area contributed by atoms with Crippen LogP contribution in [0.25, 0.3) is 6.08 Å². The molecular formula is C14H22ClN3O3. The van der Waals surface area contributed by atoms with Crippen LogP contribution in [-0.4, -0.2) is 57.6 Å². The van der Waals surface area contributed by atoms with Crippen molar-refractivity contribution in [1.82, 2.24) is 14.7 Å². The van der Waals surface area contributed by atoms with Crippen LogP contribution in [0.15, 0.2) is 6.08 Å². The fourth-order valence-corrected chi connectivity index (χ4v) is 2.16. The van der Waals surface area contributed by atoms with E-state index in [1.165, 1.54) is 11.0 Å². The Bertz CT molecular complexity index is 536. The Hall–Kier alpha value is -1.37. The van der Waals surface area contributed by atoms with Gasteiger partial charge < -0.3 is 15.1 Å². The van der Waals surface area contributed by atoms with Crippen molar-refractivity contribution in [3.63, 3.8) is 0 Å². The van der Waals surface area contributed by atoms with Gasteiger partial charge >= 0.3 is 0 Å². The van der Waals surface area contributed by atoms with E-state index in [-0.39, 0.29) is 25.7 Å². The third kappa shape index (κ3) is 4.30. The van der Waals surface area contributed by atoms with Crippen molar-refractivity contribution in [3.8, 4) is 0 Å². The average molecular weight is 316 g/mol. The van der Waals surface area contributed by atoms with Crippen molar-refractivity contribution in [1.29, 1.82) is 0 Å². The molecular weight excluding hydrogens is 294 g/mol. The number of aliphatic hydroxyl groups excluding tert-OH is 2. The molecule has 6 nitrogen and oxygen atoms in total. The Morgan fingerprint density at radius 2 is 2.05 bits per heavy atom. The maximum atomic E-state index is 12.1. The molecule has 0 aromatic carbocycles. The summed E-state index contributed by atoms with van der Waals surface area (Å²) in [6.07, 6.45) is 3.03. The normalized spacial score (nSPS) is 12.1. The van der Waals surface area contributed by atoms with E-state index in [1.54, 1.807) is 31.8 Å². The van der Waals surface area contributed by atoms with Crippen molar-refractivity contribution >= 4 is 23.6 Å². The zero-order valence-electron chi connectivity index (χ0n) is 12.8. The van der Waals surface area contributed by atoms with Crippen LogP contribution in [0.2, 0.25) is 5.15 Å². The van der Waals surface area contributed by atoms with Crippen molar-refractivity contribution in [2.75, 3.05) is 26.8 Å². The Balaban J connectivity index is 2.78. The van der Waals surface area contributed by atoms with Gasteiger partial charge in [-0.25, -0.2) is 0 Å². The Kier molecular flexibility index (Phi) is 5.95. The van der Waals surface area contributed by atoms with E-state index in [2.05, 4.69) is 5.10 Å². The molecule has 118 valence electrons. The number of halogens is 1. The van der Waals surface area contributed by atoms with Gasteiger partial charge in [0.1, 0.15) is 5.15 Å². The highest BCUT2D eigenvalue weighted by Gasteiger charge is 2.25. The number of aryl methyl sites for hydroxylation is 2. The van der Waals surface area contributed by atoms with E-state index in [4.69, 9.17) is 11.6 Å². The van der Waals surface area contributed by atoms with Crippen LogP contribution in [0.3, 0.4) is 0 Å². The Morgan fingerprint density at radius 3 is 2.48 bits per heavy atom. The lowest BCUT2D eigenvalue weighted by atomic mass is 9.92. The van der Waals surface area contributed by atoms with E-state index >= 15 is 0 Å². The molecule has 0 unspecified atom stereocenters. The number of carbonyl (C=O) groups excluding carboxylic acids is 1. The second-order valence-corrected chi connectivity index (χ2v) is 5.93. The number of likely N-dealkylation sites (N-methyl/N-ethyl adjacent to an activating group) is 1. The molecule has 1 aromatic rings. The number of hydrogen-bond donors (Lipinski definition) is 2. The van der Waals surface area contributed by atoms with Gasteiger partial charge in [0.05, 0.1) is 18.9 Å². The van der Waals surface area contributed by atoms with Crippen LogP contribution in [0.5, 0.6) is 0 Å². The minimum absolute atomic E-state index is 0.196. The summed E-state index contributed by atoms with van der Waals surface area (Å²) < 4.78 is 1.54. The number of aromatic nitrogens is 2. The van der Waals surface area contributed by atoms with Crippen molar-refractivity contribution in [2.24, 2.45) is 12.5 Å². The Labute approximate surface area is 129 Å². The van der Waals surface area contributed by atoms with Gasteiger partial charge in [0.2, 0.25) is 5.91 Å². The maximum absolute atomic E-state index is 12.1. The van der Waals surface area contributed by atoms with E-state index in [9.17, 15) is 15.0 Å². The van der Waals surface area contributed by atoms with E-state index < -0.39 is 5.41 Å². The predicted octanol–water partition coefficient (Wildman–Crippen LogP) is 0.844. The second-order valence-electron chi connectivity index (χ2n) is 5.57. The summed E-state index contributed by atoms with van der Waals surface area (Å²) >= 11 is 6.09. The quantitative estimate of drug-likeness (QED) is 0.763. The lowest BCUT2D eigenvalue weighted by Gasteiger charge is -2.29. The zero-order valence-corrected chi connectivity index (χ0v) is 13.6. The third-order valence-electron chi connectivity index (χ3n) is 3.35. The summed E-state index contributed by atoms with van der Waals surface area (Å²) in [7, 11) is 3.35. The average Bonchev–Trinajstić information content (AvgIpc) is 2.69. The maximum Gasteiger partial charge on any atom is 0.246 e. The lowest BCUT2D eigenvalue weighted by molar-refractivity contribution is -0.126. The third-order valence-corrected chi connectivity index (χ3v) is 3.80. The molecule has 0 aliphatic carbocycles. The highest BCUT2D eigenvalue weighted by atomic mass is 35.5. The van der Waals surface area contributed by atoms with Gasteiger partial charge in [-0.1, -0.05) is 18.5 Å². The summed E-state index contributed by atoms with van der Waals surface area (Å²) in [6.45, 7) is 3.39. The van der Waals surface area contributed by atoms with Gasteiger partial charge in [-0.05, 0) is 13.0 Å². The molecule has 1 amide bonds. The number of amides is 1. The monoisotopic (exact) mass is 315 g/mol. The van der Waals surface area contributed by atoms with Gasteiger partial charge in [-0.15, -0.1) is 0 Å². The van der Waals surface area contributed by atoms with Crippen LogP contribution < -0.4 is 0 Å². The van der Waals surface area contributed by atoms with Gasteiger partial charge in [0, 0.05) is 37.7 Å². The van der Waals surface area contributed by atoms with Crippen LogP contribution in [-0.2, 0) is 11.8 Å². The SMILES string of the molecule is Cc1nn(C)c(Cl)c1/C=C/C(=O)N(C)CC(C)(CO)CO. The molecule has 1 rings (SSSR count). The molecule has 0 atom stereocenters. The predicted molar refractivity (Wildman–Crippen MR) is 81.9 cm³/mol. The van der Waals surface area contributed by atoms with Gasteiger partial charge in [-0.3, -0.25) is 9.48 Å². The molecule has 0 bridgehead atoms. The van der Waals surface area contributed by atoms with E-state index in [0.29, 0.717) is 10.7 Å². The molecule has 1 aromatic heterocycles. The molecule has 21 heavy (non-hydrogen) atoms. The van der Waals surface area contributed by atoms with Crippen LogP contribution in [0.1, 0.15) is 18.2 Å². The molecule has 0 aliphatic heterocycles. The molecule has 0 aliphatic rings. The fourth-order valence-electron chi connectivity index (χ4n) is 1.92. The molecule has 7 heteroatoms. The summed E-state index contributed by atoms with van der Waals surface area (Å²) in [5.74, 6) is -0.234. The number of aliphatic hydroxyl groups is 2. The number of rotatable bonds is 6. The van der Waals surface area contributed by atoms with E-state index in [0.717, 1.165) is 5.69 Å². The number of hydrogen-bond acceptors (Lipinski definition) is 4. The van der Waals surface area contributed by atoms with Gasteiger partial charge in [-0.2, -0.15) is 5.10 Å². The van der Waals surface area contributed by atoms with Crippen molar-refractivity contribution in [3.05, 3.63) is 22.5 Å². The number of carbonyl (C=O) groups is 1. The summed E-state index contributed by atoms with van der Waals surface area (Å²) in [6, 6.07) is 0. The smallest absolute Gasteiger partial charge is 0.246 e. The first-order valence-corrected chi connectivity index (χ1v) is 6.96. The second kappa shape index (κ2) is 7.06. The van der Waals surface area contributed by atoms with Crippen molar-refractivity contribution < 1.29 is 15.0 Å². The first-order chi connectivity index (χ1) is 9.74. The molecule has 0 fully saturated rings. The minimum atomic E-state index is -0.722. The fraction of sp³-hybridized carbons (Fsp3) is 0.571. The lowest BCUT2D eigenvalue weighted by Crippen LogP contribution is -2.41. The molecule has 2 N–H and O–H groups in total. The summed E-state index contributed by atoms with van der Waals surface area (Å²) in [4.78, 5) is 13.5. The topological polar surface area (TPSA) is 78.6 Å². The Morgan fingerprint density at radius 1 is 1.48 bits per heavy atom. The van der Waals surface area contributed by atoms with E-state index in [1.807, 2.05) is 6.92 Å². The molecule has 0 radical (unpaired) electrons. The van der Waals surface area contributed by atoms with Crippen LogP contribution in [0.4, 0.5) is 0 Å². The molecule has 1 heterocycles. The van der Waals surface area contributed by atoms with Crippen molar-refractivity contribution in [2.45, 2.75) is 13.8 Å². The minimum Gasteiger partial charge on any atom is -0.396 e. The standard InChI is InChI=1S/C14H22ClN3O3/c1-10-11(13(15)18(4)16-10)5-6-12(21)17(3)7-14(2,8-19)9-20/h5-6,19-20H,7-9H2,1-4H3/b6-5+. The van der Waals surface area contributed by atoms with Gasteiger partial charge in [0.25, 0.3) is 0 Å². The van der Waals surface area contributed by atoms with Gasteiger partial charge in [0.15, 0.2) is 0 Å². The number of nitrogens with zero attached hydrogens (tertiary/aromatic N) is 3. The van der Waals surface area contributed by atoms with Crippen LogP contribution >= 0.6 is 11.6 Å². The highest BCUT2D eigenvalue weighted by molar-refractivity contribution is 6.31. The molecule has 0 spiro atoms. The largest absolute Gasteiger partial charge is 0.396 e. The van der Waals surface area contributed by atoms with Crippen LogP contribution in [0, 0.1) is 12.3 Å². The highest BCUT2D eigenvalue weighted by Crippen LogP contribution is 2.20. The summed E-state index contributed by atoms with van der Waals surface area (Å²) in [5, 5.41) is 23.1. The molecule has 0 saturated carbocycles. The first-order valence-electron chi connectivity index (χ1n) is 6.58.